The molecule has 0 fully saturated rings. The zero-order chi connectivity index (χ0) is 13.9. The zero-order valence-electron chi connectivity index (χ0n) is 9.88. The van der Waals surface area contributed by atoms with E-state index in [1.54, 1.807) is 6.07 Å². The third-order valence-electron chi connectivity index (χ3n) is 2.48. The minimum atomic E-state index is -3.73. The van der Waals surface area contributed by atoms with Gasteiger partial charge in [0.05, 0.1) is 4.90 Å². The van der Waals surface area contributed by atoms with E-state index in [4.69, 9.17) is 0 Å². The number of rotatable bonds is 4. The Morgan fingerprint density at radius 3 is 2.53 bits per heavy atom. The Bertz CT molecular complexity index is 686. The molecule has 0 spiro atoms. The Hall–Kier alpha value is -1.92. The average molecular weight is 281 g/mol. The zero-order valence-corrected chi connectivity index (χ0v) is 10.7. The highest BCUT2D eigenvalue weighted by Gasteiger charge is 2.14. The quantitative estimate of drug-likeness (QED) is 0.901. The molecule has 2 N–H and O–H groups in total. The van der Waals surface area contributed by atoms with E-state index in [0.717, 1.165) is 6.07 Å². The monoisotopic (exact) mass is 281 g/mol. The first-order chi connectivity index (χ1) is 8.97. The second-order valence-electron chi connectivity index (χ2n) is 3.95. The Morgan fingerprint density at radius 1 is 1.11 bits per heavy atom. The summed E-state index contributed by atoms with van der Waals surface area (Å²) in [4.78, 5) is -0.0381. The number of aromatic hydroxyl groups is 1. The van der Waals surface area contributed by atoms with Crippen molar-refractivity contribution in [2.75, 3.05) is 0 Å². The highest BCUT2D eigenvalue weighted by molar-refractivity contribution is 7.89. The molecule has 0 bridgehead atoms. The molecule has 100 valence electrons. The van der Waals surface area contributed by atoms with Gasteiger partial charge in [-0.3, -0.25) is 0 Å². The molecule has 0 aliphatic carbocycles. The summed E-state index contributed by atoms with van der Waals surface area (Å²) < 4.78 is 39.1. The number of hydrogen-bond donors (Lipinski definition) is 2. The minimum Gasteiger partial charge on any atom is -0.508 e. The molecular formula is C13H12FNO3S. The van der Waals surface area contributed by atoms with Gasteiger partial charge in [-0.1, -0.05) is 18.2 Å². The Labute approximate surface area is 110 Å². The normalized spacial score (nSPS) is 11.4. The number of nitrogens with one attached hydrogen (secondary N) is 1. The predicted molar refractivity (Wildman–Crippen MR) is 68.5 cm³/mol. The van der Waals surface area contributed by atoms with Gasteiger partial charge in [0, 0.05) is 6.54 Å². The summed E-state index contributed by atoms with van der Waals surface area (Å²) in [5.74, 6) is -0.553. The van der Waals surface area contributed by atoms with Crippen molar-refractivity contribution < 1.29 is 17.9 Å². The van der Waals surface area contributed by atoms with Crippen LogP contribution in [0, 0.1) is 5.82 Å². The lowest BCUT2D eigenvalue weighted by Gasteiger charge is -2.07. The minimum absolute atomic E-state index is 0.0181. The van der Waals surface area contributed by atoms with Crippen LogP contribution in [0.4, 0.5) is 4.39 Å². The molecule has 0 aliphatic rings. The molecule has 0 radical (unpaired) electrons. The summed E-state index contributed by atoms with van der Waals surface area (Å²) in [5, 5.41) is 9.26. The fourth-order valence-electron chi connectivity index (χ4n) is 1.56. The molecule has 0 atom stereocenters. The smallest absolute Gasteiger partial charge is 0.241 e. The molecule has 6 heteroatoms. The van der Waals surface area contributed by atoms with Gasteiger partial charge < -0.3 is 5.11 Å². The van der Waals surface area contributed by atoms with E-state index in [2.05, 4.69) is 4.72 Å². The SMILES string of the molecule is O=S(=O)(NCc1cccc(F)c1)c1cccc(O)c1. The van der Waals surface area contributed by atoms with Gasteiger partial charge in [0.2, 0.25) is 10.0 Å². The van der Waals surface area contributed by atoms with Crippen LogP contribution in [0.2, 0.25) is 0 Å². The molecule has 0 unspecified atom stereocenters. The Kier molecular flexibility index (Phi) is 3.82. The van der Waals surface area contributed by atoms with Gasteiger partial charge in [-0.25, -0.2) is 17.5 Å². The molecule has 2 rings (SSSR count). The first-order valence-electron chi connectivity index (χ1n) is 5.50. The maximum absolute atomic E-state index is 13.0. The van der Waals surface area contributed by atoms with Crippen molar-refractivity contribution >= 4 is 10.0 Å². The molecule has 2 aromatic carbocycles. The van der Waals surface area contributed by atoms with Gasteiger partial charge in [-0.2, -0.15) is 0 Å². The third kappa shape index (κ3) is 3.52. The summed E-state index contributed by atoms with van der Waals surface area (Å²) in [6, 6.07) is 11.0. The van der Waals surface area contributed by atoms with E-state index in [-0.39, 0.29) is 17.2 Å². The highest BCUT2D eigenvalue weighted by atomic mass is 32.2. The van der Waals surface area contributed by atoms with Crippen LogP contribution >= 0.6 is 0 Å². The summed E-state index contributed by atoms with van der Waals surface area (Å²) in [6.07, 6.45) is 0. The average Bonchev–Trinajstić information content (AvgIpc) is 2.37. The number of hydrogen-bond acceptors (Lipinski definition) is 3. The van der Waals surface area contributed by atoms with Crippen molar-refractivity contribution in [1.29, 1.82) is 0 Å². The molecule has 0 amide bonds. The largest absolute Gasteiger partial charge is 0.508 e. The van der Waals surface area contributed by atoms with Crippen LogP contribution < -0.4 is 4.72 Å². The lowest BCUT2D eigenvalue weighted by molar-refractivity contribution is 0.473. The van der Waals surface area contributed by atoms with Crippen molar-refractivity contribution in [3.8, 4) is 5.75 Å². The van der Waals surface area contributed by atoms with Crippen LogP contribution in [0.3, 0.4) is 0 Å². The van der Waals surface area contributed by atoms with Gasteiger partial charge in [0.1, 0.15) is 11.6 Å². The molecule has 0 saturated heterocycles. The summed E-state index contributed by atoms with van der Waals surface area (Å²) >= 11 is 0. The predicted octanol–water partition coefficient (Wildman–Crippen LogP) is 2.01. The second kappa shape index (κ2) is 5.38. The number of phenols is 1. The molecule has 0 heterocycles. The van der Waals surface area contributed by atoms with Gasteiger partial charge in [-0.15, -0.1) is 0 Å². The van der Waals surface area contributed by atoms with Crippen LogP contribution in [0.1, 0.15) is 5.56 Å². The second-order valence-corrected chi connectivity index (χ2v) is 5.72. The topological polar surface area (TPSA) is 66.4 Å². The van der Waals surface area contributed by atoms with E-state index in [9.17, 15) is 17.9 Å². The third-order valence-corrected chi connectivity index (χ3v) is 3.88. The molecule has 19 heavy (non-hydrogen) atoms. The van der Waals surface area contributed by atoms with Crippen LogP contribution in [0.5, 0.6) is 5.75 Å². The van der Waals surface area contributed by atoms with Gasteiger partial charge in [0.15, 0.2) is 0 Å². The molecule has 0 saturated carbocycles. The number of halogens is 1. The van der Waals surface area contributed by atoms with Gasteiger partial charge >= 0.3 is 0 Å². The first-order valence-corrected chi connectivity index (χ1v) is 6.99. The van der Waals surface area contributed by atoms with Crippen molar-refractivity contribution in [3.05, 3.63) is 59.9 Å². The lowest BCUT2D eigenvalue weighted by atomic mass is 10.2. The van der Waals surface area contributed by atoms with E-state index in [1.165, 1.54) is 36.4 Å². The number of phenolic OH excluding ortho intramolecular Hbond substituents is 1. The lowest BCUT2D eigenvalue weighted by Crippen LogP contribution is -2.23. The van der Waals surface area contributed by atoms with E-state index in [0.29, 0.717) is 5.56 Å². The van der Waals surface area contributed by atoms with Crippen molar-refractivity contribution in [1.82, 2.24) is 4.72 Å². The summed E-state index contributed by atoms with van der Waals surface area (Å²) in [5.41, 5.74) is 0.517. The highest BCUT2D eigenvalue weighted by Crippen LogP contribution is 2.16. The first kappa shape index (κ1) is 13.5. The maximum atomic E-state index is 13.0. The standard InChI is InChI=1S/C13H12FNO3S/c14-11-4-1-3-10(7-11)9-15-19(17,18)13-6-2-5-12(16)8-13/h1-8,15-16H,9H2. The number of benzene rings is 2. The van der Waals surface area contributed by atoms with E-state index >= 15 is 0 Å². The van der Waals surface area contributed by atoms with Crippen LogP contribution in [-0.4, -0.2) is 13.5 Å². The van der Waals surface area contributed by atoms with Crippen molar-refractivity contribution in [2.45, 2.75) is 11.4 Å². The summed E-state index contributed by atoms with van der Waals surface area (Å²) in [6.45, 7) is -0.0181. The molecule has 0 aromatic heterocycles. The van der Waals surface area contributed by atoms with Crippen LogP contribution in [-0.2, 0) is 16.6 Å². The molecule has 2 aromatic rings. The van der Waals surface area contributed by atoms with E-state index < -0.39 is 15.8 Å². The fraction of sp³-hybridized carbons (Fsp3) is 0.0769. The Balaban J connectivity index is 2.14. The summed E-state index contributed by atoms with van der Waals surface area (Å²) in [7, 11) is -3.73. The van der Waals surface area contributed by atoms with Crippen molar-refractivity contribution in [3.63, 3.8) is 0 Å². The van der Waals surface area contributed by atoms with Crippen LogP contribution in [0.15, 0.2) is 53.4 Å². The Morgan fingerprint density at radius 2 is 1.84 bits per heavy atom. The fourth-order valence-corrected chi connectivity index (χ4v) is 2.62. The number of sulfonamides is 1. The molecular weight excluding hydrogens is 269 g/mol. The molecule has 0 aliphatic heterocycles. The van der Waals surface area contributed by atoms with E-state index in [1.807, 2.05) is 0 Å². The maximum Gasteiger partial charge on any atom is 0.241 e. The van der Waals surface area contributed by atoms with Crippen LogP contribution in [0.25, 0.3) is 0 Å². The molecule has 4 nitrogen and oxygen atoms in total. The van der Waals surface area contributed by atoms with Gasteiger partial charge in [0.25, 0.3) is 0 Å². The van der Waals surface area contributed by atoms with Crippen molar-refractivity contribution in [2.24, 2.45) is 0 Å². The van der Waals surface area contributed by atoms with Gasteiger partial charge in [-0.05, 0) is 35.9 Å².